The van der Waals surface area contributed by atoms with Crippen LogP contribution in [0.5, 0.6) is 11.5 Å². The van der Waals surface area contributed by atoms with Gasteiger partial charge in [-0.25, -0.2) is 5.43 Å². The van der Waals surface area contributed by atoms with Gasteiger partial charge in [-0.15, -0.1) is 0 Å². The number of aryl methyl sites for hydroxylation is 1. The van der Waals surface area contributed by atoms with Gasteiger partial charge in [-0.2, -0.15) is 5.10 Å². The summed E-state index contributed by atoms with van der Waals surface area (Å²) >= 11 is 0. The summed E-state index contributed by atoms with van der Waals surface area (Å²) in [6, 6.07) is 22.8. The fourth-order valence-electron chi connectivity index (χ4n) is 3.27. The van der Waals surface area contributed by atoms with Crippen LogP contribution in [0.1, 0.15) is 34.2 Å². The van der Waals surface area contributed by atoms with Crippen LogP contribution in [0.15, 0.2) is 82.3 Å². The quantitative estimate of drug-likeness (QED) is 0.298. The minimum atomic E-state index is -0.416. The van der Waals surface area contributed by atoms with Crippen molar-refractivity contribution in [2.45, 2.75) is 20.5 Å². The lowest BCUT2D eigenvalue weighted by atomic mass is 10.1. The number of hydrazone groups is 1. The van der Waals surface area contributed by atoms with E-state index in [0.717, 1.165) is 16.5 Å². The SMILES string of the molecule is CCOc1cc(/C=N/NC(=O)c2cc3ccccc3o2)ccc1OCc1cccc(C)c1. The first-order valence-electron chi connectivity index (χ1n) is 10.4. The smallest absolute Gasteiger partial charge is 0.307 e. The molecular weight excluding hydrogens is 404 g/mol. The van der Waals surface area contributed by atoms with Crippen molar-refractivity contribution in [2.75, 3.05) is 6.61 Å². The second kappa shape index (κ2) is 9.83. The molecule has 1 N–H and O–H groups in total. The third-order valence-corrected chi connectivity index (χ3v) is 4.77. The van der Waals surface area contributed by atoms with Gasteiger partial charge in [0.1, 0.15) is 12.2 Å². The van der Waals surface area contributed by atoms with E-state index in [4.69, 9.17) is 13.9 Å². The second-order valence-corrected chi connectivity index (χ2v) is 7.26. The molecule has 0 atom stereocenters. The zero-order chi connectivity index (χ0) is 22.3. The van der Waals surface area contributed by atoms with Gasteiger partial charge in [-0.3, -0.25) is 4.79 Å². The topological polar surface area (TPSA) is 73.1 Å². The Bertz CT molecular complexity index is 1230. The van der Waals surface area contributed by atoms with Gasteiger partial charge in [0, 0.05) is 5.39 Å². The Morgan fingerprint density at radius 1 is 1.00 bits per heavy atom. The van der Waals surface area contributed by atoms with Crippen molar-refractivity contribution in [3.05, 3.63) is 95.2 Å². The fraction of sp³-hybridized carbons (Fsp3) is 0.154. The lowest BCUT2D eigenvalue weighted by Gasteiger charge is -2.13. The number of nitrogens with one attached hydrogen (secondary N) is 1. The number of carbonyl (C=O) groups excluding carboxylic acids is 1. The van der Waals surface area contributed by atoms with Crippen LogP contribution in [-0.2, 0) is 6.61 Å². The number of nitrogens with zero attached hydrogens (tertiary/aromatic N) is 1. The van der Waals surface area contributed by atoms with E-state index in [1.165, 1.54) is 5.56 Å². The highest BCUT2D eigenvalue weighted by Crippen LogP contribution is 2.29. The van der Waals surface area contributed by atoms with Gasteiger partial charge >= 0.3 is 5.91 Å². The van der Waals surface area contributed by atoms with E-state index in [9.17, 15) is 4.79 Å². The van der Waals surface area contributed by atoms with E-state index in [-0.39, 0.29) is 5.76 Å². The van der Waals surface area contributed by atoms with Crippen molar-refractivity contribution in [1.82, 2.24) is 5.43 Å². The van der Waals surface area contributed by atoms with Crippen LogP contribution in [0.3, 0.4) is 0 Å². The van der Waals surface area contributed by atoms with E-state index in [1.54, 1.807) is 12.3 Å². The molecule has 1 heterocycles. The molecule has 0 radical (unpaired) electrons. The number of furan rings is 1. The first-order chi connectivity index (χ1) is 15.6. The van der Waals surface area contributed by atoms with Crippen LogP contribution in [0.4, 0.5) is 0 Å². The molecule has 0 bridgehead atoms. The summed E-state index contributed by atoms with van der Waals surface area (Å²) in [5.41, 5.74) is 6.19. The minimum absolute atomic E-state index is 0.207. The van der Waals surface area contributed by atoms with Crippen LogP contribution < -0.4 is 14.9 Å². The standard InChI is InChI=1S/C26H24N2O4/c1-3-30-24-14-19(11-12-23(24)31-17-20-8-6-7-18(2)13-20)16-27-28-26(29)25-15-21-9-4-5-10-22(21)32-25/h4-16H,3,17H2,1-2H3,(H,28,29)/b27-16+. The number of amides is 1. The molecule has 0 aliphatic carbocycles. The van der Waals surface area contributed by atoms with Crippen LogP contribution in [0, 0.1) is 6.92 Å². The second-order valence-electron chi connectivity index (χ2n) is 7.26. The molecule has 1 aromatic heterocycles. The Morgan fingerprint density at radius 3 is 2.69 bits per heavy atom. The van der Waals surface area contributed by atoms with E-state index < -0.39 is 5.91 Å². The first-order valence-corrected chi connectivity index (χ1v) is 10.4. The Kier molecular flexibility index (Phi) is 6.51. The third kappa shape index (κ3) is 5.16. The largest absolute Gasteiger partial charge is 0.490 e. The van der Waals surface area contributed by atoms with Gasteiger partial charge in [0.2, 0.25) is 0 Å². The number of hydrogen-bond acceptors (Lipinski definition) is 5. The molecule has 6 heteroatoms. The normalized spacial score (nSPS) is 11.1. The molecule has 32 heavy (non-hydrogen) atoms. The molecule has 3 aromatic carbocycles. The average molecular weight is 428 g/mol. The number of benzene rings is 3. The molecule has 6 nitrogen and oxygen atoms in total. The maximum Gasteiger partial charge on any atom is 0.307 e. The van der Waals surface area contributed by atoms with Gasteiger partial charge in [0.05, 0.1) is 12.8 Å². The number of carbonyl (C=O) groups is 1. The van der Waals surface area contributed by atoms with Crippen LogP contribution in [0.2, 0.25) is 0 Å². The molecule has 0 spiro atoms. The van der Waals surface area contributed by atoms with Gasteiger partial charge in [0.25, 0.3) is 0 Å². The minimum Gasteiger partial charge on any atom is -0.490 e. The van der Waals surface area contributed by atoms with Gasteiger partial charge in [0.15, 0.2) is 17.3 Å². The number of ether oxygens (including phenoxy) is 2. The summed E-state index contributed by atoms with van der Waals surface area (Å²) in [5.74, 6) is 1.06. The predicted molar refractivity (Wildman–Crippen MR) is 124 cm³/mol. The Labute approximate surface area is 186 Å². The zero-order valence-corrected chi connectivity index (χ0v) is 18.0. The van der Waals surface area contributed by atoms with Crippen molar-refractivity contribution >= 4 is 23.1 Å². The van der Waals surface area contributed by atoms with Gasteiger partial charge < -0.3 is 13.9 Å². The van der Waals surface area contributed by atoms with Gasteiger partial charge in [-0.1, -0.05) is 48.0 Å². The van der Waals surface area contributed by atoms with E-state index in [0.29, 0.717) is 30.3 Å². The highest BCUT2D eigenvalue weighted by Gasteiger charge is 2.11. The molecule has 0 fully saturated rings. The molecule has 0 saturated carbocycles. The zero-order valence-electron chi connectivity index (χ0n) is 18.0. The highest BCUT2D eigenvalue weighted by molar-refractivity contribution is 5.96. The average Bonchev–Trinajstić information content (AvgIpc) is 3.23. The van der Waals surface area contributed by atoms with Crippen LogP contribution >= 0.6 is 0 Å². The number of rotatable bonds is 8. The monoisotopic (exact) mass is 428 g/mol. The Morgan fingerprint density at radius 2 is 1.88 bits per heavy atom. The van der Waals surface area contributed by atoms with Crippen LogP contribution in [0.25, 0.3) is 11.0 Å². The number of para-hydroxylation sites is 1. The molecule has 162 valence electrons. The molecule has 0 saturated heterocycles. The summed E-state index contributed by atoms with van der Waals surface area (Å²) in [4.78, 5) is 12.3. The summed E-state index contributed by atoms with van der Waals surface area (Å²) in [6.07, 6.45) is 1.55. The van der Waals surface area contributed by atoms with Crippen molar-refractivity contribution in [2.24, 2.45) is 5.10 Å². The molecule has 4 aromatic rings. The van der Waals surface area contributed by atoms with Gasteiger partial charge in [-0.05, 0) is 55.3 Å². The van der Waals surface area contributed by atoms with E-state index in [2.05, 4.69) is 29.6 Å². The van der Waals surface area contributed by atoms with Crippen molar-refractivity contribution in [1.29, 1.82) is 0 Å². The molecular formula is C26H24N2O4. The van der Waals surface area contributed by atoms with Crippen LogP contribution in [-0.4, -0.2) is 18.7 Å². The Balaban J connectivity index is 1.42. The molecule has 0 aliphatic heterocycles. The summed E-state index contributed by atoms with van der Waals surface area (Å²) in [5, 5.41) is 4.91. The predicted octanol–water partition coefficient (Wildman–Crippen LogP) is 5.48. The maximum absolute atomic E-state index is 12.3. The first kappa shape index (κ1) is 21.2. The summed E-state index contributed by atoms with van der Waals surface area (Å²) in [6.45, 7) is 4.92. The molecule has 1 amide bonds. The highest BCUT2D eigenvalue weighted by atomic mass is 16.5. The van der Waals surface area contributed by atoms with Crippen molar-refractivity contribution in [3.8, 4) is 11.5 Å². The fourth-order valence-corrected chi connectivity index (χ4v) is 3.27. The third-order valence-electron chi connectivity index (χ3n) is 4.77. The maximum atomic E-state index is 12.3. The van der Waals surface area contributed by atoms with Crippen molar-refractivity contribution in [3.63, 3.8) is 0 Å². The number of hydrogen-bond donors (Lipinski definition) is 1. The Hall–Kier alpha value is -4.06. The lowest BCUT2D eigenvalue weighted by Crippen LogP contribution is -2.16. The van der Waals surface area contributed by atoms with Crippen molar-refractivity contribution < 1.29 is 18.7 Å². The molecule has 0 aliphatic rings. The lowest BCUT2D eigenvalue weighted by molar-refractivity contribution is 0.0929. The van der Waals surface area contributed by atoms with E-state index >= 15 is 0 Å². The summed E-state index contributed by atoms with van der Waals surface area (Å²) < 4.78 is 17.2. The van der Waals surface area contributed by atoms with E-state index in [1.807, 2.05) is 61.5 Å². The molecule has 0 unspecified atom stereocenters. The molecule has 4 rings (SSSR count). The number of fused-ring (bicyclic) bond motifs is 1. The summed E-state index contributed by atoms with van der Waals surface area (Å²) in [7, 11) is 0.